The van der Waals surface area contributed by atoms with Crippen LogP contribution >= 0.6 is 0 Å². The van der Waals surface area contributed by atoms with E-state index in [4.69, 9.17) is 0 Å². The molecule has 56 heavy (non-hydrogen) atoms. The zero-order valence-corrected chi connectivity index (χ0v) is 30.9. The minimum Gasteiger partial charge on any atom is -0.309 e. The van der Waals surface area contributed by atoms with Gasteiger partial charge >= 0.3 is 0 Å². The van der Waals surface area contributed by atoms with Gasteiger partial charge in [-0.2, -0.15) is 0 Å². The van der Waals surface area contributed by atoms with Gasteiger partial charge in [0.1, 0.15) is 0 Å². The maximum atomic E-state index is 2.50. The van der Waals surface area contributed by atoms with Gasteiger partial charge in [0.05, 0.1) is 27.5 Å². The Hall–Kier alpha value is -7.16. The van der Waals surface area contributed by atoms with Crippen LogP contribution in [0.4, 0.5) is 0 Å². The van der Waals surface area contributed by atoms with Crippen molar-refractivity contribution < 1.29 is 0 Å². The fourth-order valence-electron chi connectivity index (χ4n) is 10.1. The number of hydrogen-bond donors (Lipinski definition) is 0. The molecule has 1 aliphatic carbocycles. The number of fused-ring (bicyclic) bond motifs is 10. The molecular weight excluding hydrogens is 677 g/mol. The Morgan fingerprint density at radius 1 is 0.339 bits per heavy atom. The highest BCUT2D eigenvalue weighted by Crippen LogP contribution is 2.58. The highest BCUT2D eigenvalue weighted by Gasteiger charge is 2.47. The minimum atomic E-state index is -0.622. The number of benzene rings is 9. The minimum absolute atomic E-state index is 0.622. The van der Waals surface area contributed by atoms with Crippen LogP contribution in [0.25, 0.3) is 76.9 Å². The van der Waals surface area contributed by atoms with Gasteiger partial charge in [-0.25, -0.2) is 0 Å². The molecule has 0 fully saturated rings. The van der Waals surface area contributed by atoms with Crippen molar-refractivity contribution in [3.05, 3.63) is 228 Å². The molecule has 9 aromatic carbocycles. The van der Waals surface area contributed by atoms with Crippen molar-refractivity contribution in [1.29, 1.82) is 0 Å². The largest absolute Gasteiger partial charge is 0.309 e. The van der Waals surface area contributed by atoms with Crippen molar-refractivity contribution in [2.24, 2.45) is 0 Å². The summed E-state index contributed by atoms with van der Waals surface area (Å²) in [4.78, 5) is 0. The van der Waals surface area contributed by atoms with Gasteiger partial charge in [-0.3, -0.25) is 0 Å². The van der Waals surface area contributed by atoms with Crippen molar-refractivity contribution in [3.8, 4) is 22.5 Å². The lowest BCUT2D eigenvalue weighted by atomic mass is 9.66. The first kappa shape index (κ1) is 31.2. The fraction of sp³-hybridized carbons (Fsp3) is 0.0370. The maximum absolute atomic E-state index is 2.50. The molecule has 0 unspecified atom stereocenters. The highest BCUT2D eigenvalue weighted by molar-refractivity contribution is 6.10. The van der Waals surface area contributed by atoms with E-state index in [1.165, 1.54) is 93.3 Å². The van der Waals surface area contributed by atoms with Crippen LogP contribution in [0, 0.1) is 6.92 Å². The first-order valence-corrected chi connectivity index (χ1v) is 19.5. The molecule has 0 spiro atoms. The van der Waals surface area contributed by atoms with E-state index in [-0.39, 0.29) is 0 Å². The fourth-order valence-corrected chi connectivity index (χ4v) is 10.1. The molecule has 262 valence electrons. The summed E-state index contributed by atoms with van der Waals surface area (Å²) in [6, 6.07) is 74.8. The maximum Gasteiger partial charge on any atom is 0.0721 e. The van der Waals surface area contributed by atoms with E-state index in [2.05, 4.69) is 216 Å². The lowest BCUT2D eigenvalue weighted by Crippen LogP contribution is -2.29. The Labute approximate surface area is 325 Å². The second kappa shape index (κ2) is 11.7. The number of rotatable bonds is 4. The summed E-state index contributed by atoms with van der Waals surface area (Å²) in [7, 11) is 0. The molecule has 0 N–H and O–H groups in total. The molecule has 0 bridgehead atoms. The van der Waals surface area contributed by atoms with Gasteiger partial charge in [0.15, 0.2) is 0 Å². The molecule has 0 radical (unpaired) electrons. The van der Waals surface area contributed by atoms with Crippen LogP contribution in [0.5, 0.6) is 0 Å². The van der Waals surface area contributed by atoms with Gasteiger partial charge in [-0.1, -0.05) is 157 Å². The second-order valence-corrected chi connectivity index (χ2v) is 15.3. The van der Waals surface area contributed by atoms with Crippen molar-refractivity contribution in [2.75, 3.05) is 0 Å². The quantitative estimate of drug-likeness (QED) is 0.172. The van der Waals surface area contributed by atoms with Crippen molar-refractivity contribution in [1.82, 2.24) is 9.13 Å². The topological polar surface area (TPSA) is 9.86 Å². The van der Waals surface area contributed by atoms with E-state index < -0.39 is 5.41 Å². The van der Waals surface area contributed by atoms with Crippen molar-refractivity contribution in [3.63, 3.8) is 0 Å². The van der Waals surface area contributed by atoms with Crippen LogP contribution in [0.2, 0.25) is 0 Å². The van der Waals surface area contributed by atoms with Crippen LogP contribution in [0.15, 0.2) is 200 Å². The number of aromatic nitrogens is 2. The summed E-state index contributed by atoms with van der Waals surface area (Å²) < 4.78 is 4.92. The lowest BCUT2D eigenvalue weighted by molar-refractivity contribution is 0.774. The molecule has 2 heteroatoms. The number of hydrogen-bond acceptors (Lipinski definition) is 0. The van der Waals surface area contributed by atoms with Crippen LogP contribution in [0.3, 0.4) is 0 Å². The molecular formula is C54H36N2. The normalized spacial score (nSPS) is 13.2. The summed E-state index contributed by atoms with van der Waals surface area (Å²) in [5.74, 6) is 0. The summed E-state index contributed by atoms with van der Waals surface area (Å²) >= 11 is 0. The second-order valence-electron chi connectivity index (χ2n) is 15.3. The lowest BCUT2D eigenvalue weighted by Gasteiger charge is -2.35. The third kappa shape index (κ3) is 4.16. The molecule has 0 amide bonds. The van der Waals surface area contributed by atoms with Crippen LogP contribution in [-0.2, 0) is 5.41 Å². The smallest absolute Gasteiger partial charge is 0.0721 e. The number of aryl methyl sites for hydroxylation is 1. The Balaban J connectivity index is 1.23. The number of para-hydroxylation sites is 4. The van der Waals surface area contributed by atoms with Gasteiger partial charge in [0.25, 0.3) is 0 Å². The molecule has 1 aliphatic rings. The van der Waals surface area contributed by atoms with E-state index in [9.17, 15) is 0 Å². The van der Waals surface area contributed by atoms with Crippen LogP contribution < -0.4 is 0 Å². The molecule has 0 saturated carbocycles. The molecule has 0 aliphatic heterocycles. The molecule has 2 aromatic heterocycles. The van der Waals surface area contributed by atoms with Gasteiger partial charge in [0.2, 0.25) is 0 Å². The zero-order chi connectivity index (χ0) is 37.0. The molecule has 2 nitrogen and oxygen atoms in total. The predicted octanol–water partition coefficient (Wildman–Crippen LogP) is 13.7. The van der Waals surface area contributed by atoms with Gasteiger partial charge < -0.3 is 9.13 Å². The van der Waals surface area contributed by atoms with Crippen molar-refractivity contribution >= 4 is 54.4 Å². The average molecular weight is 713 g/mol. The van der Waals surface area contributed by atoms with Crippen molar-refractivity contribution in [2.45, 2.75) is 12.3 Å². The van der Waals surface area contributed by atoms with Crippen LogP contribution in [0.1, 0.15) is 27.8 Å². The predicted molar refractivity (Wildman–Crippen MR) is 235 cm³/mol. The standard InChI is InChI=1S/C54H36N2/c1-35-25-27-37(28-26-35)54(47-20-12-14-36-13-2-3-15-40(36)47)48-33-38(55-50-21-8-4-16-43(50)44-17-5-9-22-51(44)55)29-31-41(48)42-32-30-39(34-49(42)54)56-52-23-10-6-18-45(52)46-19-7-11-24-53(46)56/h2-34H,1H3. The van der Waals surface area contributed by atoms with Gasteiger partial charge in [-0.05, 0) is 99.6 Å². The number of nitrogens with zero attached hydrogens (tertiary/aromatic N) is 2. The molecule has 0 atom stereocenters. The Bertz CT molecular complexity index is 3100. The van der Waals surface area contributed by atoms with E-state index in [0.29, 0.717) is 0 Å². The Morgan fingerprint density at radius 2 is 0.750 bits per heavy atom. The monoisotopic (exact) mass is 712 g/mol. The SMILES string of the molecule is Cc1ccc(C2(c3cccc4ccccc34)c3cc(-n4c5ccccc5c5ccccc54)ccc3-c3ccc(-n4c5ccccc5c5ccccc54)cc32)cc1. The average Bonchev–Trinajstić information content (AvgIpc) is 3.88. The zero-order valence-electron chi connectivity index (χ0n) is 30.9. The van der Waals surface area contributed by atoms with E-state index in [1.54, 1.807) is 0 Å². The molecule has 2 heterocycles. The summed E-state index contributed by atoms with van der Waals surface area (Å²) in [5.41, 5.74) is 15.5. The van der Waals surface area contributed by atoms with Crippen LogP contribution in [-0.4, -0.2) is 9.13 Å². The van der Waals surface area contributed by atoms with Gasteiger partial charge in [-0.15, -0.1) is 0 Å². The summed E-state index contributed by atoms with van der Waals surface area (Å²) in [6.45, 7) is 2.19. The Kier molecular flexibility index (Phi) is 6.50. The highest BCUT2D eigenvalue weighted by atomic mass is 15.0. The first-order chi connectivity index (χ1) is 27.7. The van der Waals surface area contributed by atoms with E-state index in [0.717, 1.165) is 11.4 Å². The third-order valence-corrected chi connectivity index (χ3v) is 12.5. The van der Waals surface area contributed by atoms with E-state index in [1.807, 2.05) is 0 Å². The molecule has 11 aromatic rings. The summed E-state index contributed by atoms with van der Waals surface area (Å²) in [5, 5.41) is 7.56. The first-order valence-electron chi connectivity index (χ1n) is 19.5. The Morgan fingerprint density at radius 3 is 1.23 bits per heavy atom. The van der Waals surface area contributed by atoms with Gasteiger partial charge in [0, 0.05) is 32.9 Å². The summed E-state index contributed by atoms with van der Waals surface area (Å²) in [6.07, 6.45) is 0. The van der Waals surface area contributed by atoms with E-state index >= 15 is 0 Å². The molecule has 12 rings (SSSR count). The molecule has 0 saturated heterocycles. The third-order valence-electron chi connectivity index (χ3n) is 12.5.